The summed E-state index contributed by atoms with van der Waals surface area (Å²) in [6.07, 6.45) is 0.597. The molecule has 70 valence electrons. The Morgan fingerprint density at radius 3 is 2.85 bits per heavy atom. The van der Waals surface area contributed by atoms with Crippen molar-refractivity contribution in [2.24, 2.45) is 5.41 Å². The van der Waals surface area contributed by atoms with E-state index in [1.54, 1.807) is 11.3 Å². The van der Waals surface area contributed by atoms with E-state index in [1.165, 1.54) is 0 Å². The van der Waals surface area contributed by atoms with Crippen molar-refractivity contribution in [2.45, 2.75) is 6.42 Å². The Morgan fingerprint density at radius 2 is 2.46 bits per heavy atom. The van der Waals surface area contributed by atoms with E-state index >= 15 is 0 Å². The predicted octanol–water partition coefficient (Wildman–Crippen LogP) is 1.39. The first-order valence-electron chi connectivity index (χ1n) is 4.06. The van der Waals surface area contributed by atoms with Crippen molar-refractivity contribution in [3.63, 3.8) is 0 Å². The van der Waals surface area contributed by atoms with Crippen LogP contribution in [-0.2, 0) is 16.0 Å². The molecule has 0 aliphatic carbocycles. The van der Waals surface area contributed by atoms with Gasteiger partial charge in [-0.3, -0.25) is 4.79 Å². The van der Waals surface area contributed by atoms with E-state index in [0.717, 1.165) is 4.88 Å². The summed E-state index contributed by atoms with van der Waals surface area (Å²) in [6, 6.07) is 3.91. The van der Waals surface area contributed by atoms with Gasteiger partial charge in [-0.1, -0.05) is 6.07 Å². The fraction of sp³-hybridized carbons (Fsp3) is 0.444. The highest BCUT2D eigenvalue weighted by Crippen LogP contribution is 2.33. The molecule has 0 aromatic carbocycles. The van der Waals surface area contributed by atoms with E-state index in [1.807, 2.05) is 17.5 Å². The van der Waals surface area contributed by atoms with Crippen LogP contribution in [0, 0.1) is 5.41 Å². The number of ether oxygens (including phenoxy) is 1. The van der Waals surface area contributed by atoms with Crippen LogP contribution in [-0.4, -0.2) is 24.3 Å². The monoisotopic (exact) mass is 198 g/mol. The summed E-state index contributed by atoms with van der Waals surface area (Å²) in [4.78, 5) is 12.1. The number of carboxylic acids is 1. The Labute approximate surface area is 80.0 Å². The second-order valence-electron chi connectivity index (χ2n) is 3.33. The fourth-order valence-electron chi connectivity index (χ4n) is 1.40. The number of carbonyl (C=O) groups is 1. The van der Waals surface area contributed by atoms with Gasteiger partial charge in [0.25, 0.3) is 0 Å². The van der Waals surface area contributed by atoms with Gasteiger partial charge in [0.15, 0.2) is 0 Å². The van der Waals surface area contributed by atoms with Gasteiger partial charge in [-0.2, -0.15) is 0 Å². The lowest BCUT2D eigenvalue weighted by atomic mass is 9.82. The minimum atomic E-state index is -0.743. The third-order valence-electron chi connectivity index (χ3n) is 2.30. The van der Waals surface area contributed by atoms with Crippen molar-refractivity contribution in [2.75, 3.05) is 13.2 Å². The van der Waals surface area contributed by atoms with Crippen molar-refractivity contribution in [3.05, 3.63) is 22.4 Å². The lowest BCUT2D eigenvalue weighted by molar-refractivity contribution is -0.179. The van der Waals surface area contributed by atoms with E-state index in [9.17, 15) is 4.79 Å². The van der Waals surface area contributed by atoms with Crippen LogP contribution in [0.25, 0.3) is 0 Å². The molecule has 1 aliphatic heterocycles. The molecule has 0 spiro atoms. The van der Waals surface area contributed by atoms with Gasteiger partial charge in [0.2, 0.25) is 0 Å². The summed E-state index contributed by atoms with van der Waals surface area (Å²) in [5.41, 5.74) is -0.648. The number of hydrogen-bond acceptors (Lipinski definition) is 3. The van der Waals surface area contributed by atoms with Crippen molar-refractivity contribution < 1.29 is 14.6 Å². The van der Waals surface area contributed by atoms with Crippen LogP contribution < -0.4 is 0 Å². The minimum Gasteiger partial charge on any atom is -0.481 e. The average molecular weight is 198 g/mol. The highest BCUT2D eigenvalue weighted by atomic mass is 32.1. The quantitative estimate of drug-likeness (QED) is 0.798. The maximum absolute atomic E-state index is 11.0. The second kappa shape index (κ2) is 3.12. The first kappa shape index (κ1) is 8.72. The fourth-order valence-corrected chi connectivity index (χ4v) is 2.24. The average Bonchev–Trinajstić information content (AvgIpc) is 2.47. The Kier molecular flexibility index (Phi) is 2.09. The molecule has 2 rings (SSSR count). The van der Waals surface area contributed by atoms with Crippen molar-refractivity contribution >= 4 is 17.3 Å². The molecular formula is C9H10O3S. The van der Waals surface area contributed by atoms with Crippen LogP contribution >= 0.6 is 11.3 Å². The van der Waals surface area contributed by atoms with Gasteiger partial charge >= 0.3 is 5.97 Å². The van der Waals surface area contributed by atoms with Crippen LogP contribution in [0.2, 0.25) is 0 Å². The van der Waals surface area contributed by atoms with Gasteiger partial charge in [-0.25, -0.2) is 0 Å². The highest BCUT2D eigenvalue weighted by Gasteiger charge is 2.46. The summed E-state index contributed by atoms with van der Waals surface area (Å²) in [5.74, 6) is -0.743. The highest BCUT2D eigenvalue weighted by molar-refractivity contribution is 7.09. The molecule has 0 saturated carbocycles. The molecule has 0 atom stereocenters. The number of aliphatic carboxylic acids is 1. The van der Waals surface area contributed by atoms with Crippen LogP contribution in [0.5, 0.6) is 0 Å². The Morgan fingerprint density at radius 1 is 1.69 bits per heavy atom. The van der Waals surface area contributed by atoms with Crippen LogP contribution in [0.1, 0.15) is 4.88 Å². The molecule has 1 N–H and O–H groups in total. The Bertz CT molecular complexity index is 301. The molecule has 0 radical (unpaired) electrons. The van der Waals surface area contributed by atoms with Gasteiger partial charge in [0.1, 0.15) is 5.41 Å². The van der Waals surface area contributed by atoms with Crippen LogP contribution in [0.4, 0.5) is 0 Å². The first-order chi connectivity index (χ1) is 6.23. The summed E-state index contributed by atoms with van der Waals surface area (Å²) < 4.78 is 4.97. The minimum absolute atomic E-state index is 0.347. The third-order valence-corrected chi connectivity index (χ3v) is 3.18. The second-order valence-corrected chi connectivity index (χ2v) is 4.37. The maximum Gasteiger partial charge on any atom is 0.314 e. The largest absolute Gasteiger partial charge is 0.481 e. The summed E-state index contributed by atoms with van der Waals surface area (Å²) >= 11 is 1.60. The van der Waals surface area contributed by atoms with Gasteiger partial charge in [-0.15, -0.1) is 11.3 Å². The lowest BCUT2D eigenvalue weighted by Gasteiger charge is -2.36. The summed E-state index contributed by atoms with van der Waals surface area (Å²) in [5, 5.41) is 11.0. The molecule has 1 saturated heterocycles. The molecule has 0 bridgehead atoms. The maximum atomic E-state index is 11.0. The van der Waals surface area contributed by atoms with Crippen molar-refractivity contribution in [1.29, 1.82) is 0 Å². The van der Waals surface area contributed by atoms with Crippen LogP contribution in [0.15, 0.2) is 17.5 Å². The van der Waals surface area contributed by atoms with Crippen molar-refractivity contribution in [1.82, 2.24) is 0 Å². The van der Waals surface area contributed by atoms with E-state index in [0.29, 0.717) is 19.6 Å². The summed E-state index contributed by atoms with van der Waals surface area (Å²) in [7, 11) is 0. The molecule has 4 heteroatoms. The van der Waals surface area contributed by atoms with Gasteiger partial charge in [0.05, 0.1) is 13.2 Å². The molecule has 2 heterocycles. The molecule has 0 unspecified atom stereocenters. The zero-order chi connectivity index (χ0) is 9.31. The molecule has 1 aromatic rings. The number of carboxylic acid groups (broad SMARTS) is 1. The number of hydrogen-bond donors (Lipinski definition) is 1. The van der Waals surface area contributed by atoms with Crippen molar-refractivity contribution in [3.8, 4) is 0 Å². The zero-order valence-electron chi connectivity index (χ0n) is 7.03. The van der Waals surface area contributed by atoms with Gasteiger partial charge in [-0.05, 0) is 11.4 Å². The summed E-state index contributed by atoms with van der Waals surface area (Å²) in [6.45, 7) is 0.695. The SMILES string of the molecule is O=C(O)C1(Cc2cccs2)COC1. The smallest absolute Gasteiger partial charge is 0.314 e. The third kappa shape index (κ3) is 1.47. The Hall–Kier alpha value is -0.870. The van der Waals surface area contributed by atoms with Gasteiger partial charge in [0, 0.05) is 11.3 Å². The molecule has 0 amide bonds. The van der Waals surface area contributed by atoms with E-state index in [4.69, 9.17) is 9.84 Å². The molecular weight excluding hydrogens is 188 g/mol. The Balaban J connectivity index is 2.11. The zero-order valence-corrected chi connectivity index (χ0v) is 7.84. The number of rotatable bonds is 3. The van der Waals surface area contributed by atoms with Crippen LogP contribution in [0.3, 0.4) is 0 Å². The lowest BCUT2D eigenvalue weighted by Crippen LogP contribution is -2.50. The molecule has 1 fully saturated rings. The molecule has 3 nitrogen and oxygen atoms in total. The predicted molar refractivity (Wildman–Crippen MR) is 48.9 cm³/mol. The molecule has 1 aliphatic rings. The van der Waals surface area contributed by atoms with Gasteiger partial charge < -0.3 is 9.84 Å². The normalized spacial score (nSPS) is 19.4. The number of thiophene rings is 1. The standard InChI is InChI=1S/C9H10O3S/c10-8(11)9(5-12-6-9)4-7-2-1-3-13-7/h1-3H,4-6H2,(H,10,11). The molecule has 1 aromatic heterocycles. The topological polar surface area (TPSA) is 46.5 Å². The van der Waals surface area contributed by atoms with E-state index in [2.05, 4.69) is 0 Å². The first-order valence-corrected chi connectivity index (χ1v) is 4.94. The van der Waals surface area contributed by atoms with E-state index in [-0.39, 0.29) is 0 Å². The van der Waals surface area contributed by atoms with E-state index < -0.39 is 11.4 Å². The molecule has 13 heavy (non-hydrogen) atoms.